The fourth-order valence-electron chi connectivity index (χ4n) is 1.41. The van der Waals surface area contributed by atoms with Crippen LogP contribution in [0, 0.1) is 20.9 Å². The van der Waals surface area contributed by atoms with Crippen molar-refractivity contribution in [2.45, 2.75) is 6.42 Å². The van der Waals surface area contributed by atoms with Crippen LogP contribution >= 0.6 is 0 Å². The first-order valence-corrected chi connectivity index (χ1v) is 10.1. The smallest absolute Gasteiger partial charge is 0.0809 e. The Balaban J connectivity index is -0.000000136. The Bertz CT molecular complexity index is 675. The zero-order chi connectivity index (χ0) is 20.2. The molecule has 0 amide bonds. The summed E-state index contributed by atoms with van der Waals surface area (Å²) in [6.45, 7) is 5.92. The minimum absolute atomic E-state index is 0. The van der Waals surface area contributed by atoms with E-state index in [1.807, 2.05) is 12.2 Å². The van der Waals surface area contributed by atoms with Gasteiger partial charge in [0.05, 0.1) is 0 Å². The van der Waals surface area contributed by atoms with Gasteiger partial charge >= 0.3 is 38.7 Å². The molecule has 150 valence electrons. The molecule has 0 bridgehead atoms. The van der Waals surface area contributed by atoms with Crippen LogP contribution < -0.4 is 0 Å². The summed E-state index contributed by atoms with van der Waals surface area (Å²) >= 11 is 1.81. The van der Waals surface area contributed by atoms with Gasteiger partial charge in [0.15, 0.2) is 0 Å². The van der Waals surface area contributed by atoms with E-state index in [-0.39, 0.29) is 14.9 Å². The number of rotatable bonds is 2. The van der Waals surface area contributed by atoms with Crippen molar-refractivity contribution in [1.29, 1.82) is 0 Å². The molecule has 4 nitrogen and oxygen atoms in total. The van der Waals surface area contributed by atoms with Crippen molar-refractivity contribution >= 4 is 30.3 Å². The van der Waals surface area contributed by atoms with Crippen molar-refractivity contribution in [3.63, 3.8) is 0 Å². The molecule has 6 heteroatoms. The summed E-state index contributed by atoms with van der Waals surface area (Å²) in [5.41, 5.74) is 0. The number of carboxylic acid groups (broad SMARTS) is 2. The fraction of sp³-hybridized carbons (Fsp3) is 0.0455. The Morgan fingerprint density at radius 1 is 1.07 bits per heavy atom. The number of aliphatic carboxylic acids is 2. The van der Waals surface area contributed by atoms with Gasteiger partial charge in [-0.05, 0) is 0 Å². The maximum absolute atomic E-state index is 9.25. The number of allylic oxidation sites excluding steroid dienone is 4. The van der Waals surface area contributed by atoms with Gasteiger partial charge in [-0.1, -0.05) is 19.2 Å². The van der Waals surface area contributed by atoms with Crippen molar-refractivity contribution in [3.05, 3.63) is 107 Å². The molecule has 2 aromatic rings. The Hall–Kier alpha value is -2.34. The van der Waals surface area contributed by atoms with Crippen molar-refractivity contribution in [3.8, 4) is 0 Å². The first-order valence-electron chi connectivity index (χ1n) is 7.29. The molecular formula is C22H26O4SiTi-4. The Kier molecular flexibility index (Phi) is 29.3. The normalized spacial score (nSPS) is 8.82. The summed E-state index contributed by atoms with van der Waals surface area (Å²) in [7, 11) is 2.97. The number of hydrogen-bond acceptors (Lipinski definition) is 2. The van der Waals surface area contributed by atoms with Gasteiger partial charge in [0, 0.05) is 12.2 Å². The minimum Gasteiger partial charge on any atom is -0.168 e. The molecule has 0 heterocycles. The van der Waals surface area contributed by atoms with Gasteiger partial charge in [-0.2, -0.15) is 23.6 Å². The number of hydrogen-bond donors (Lipinski definition) is 2. The Morgan fingerprint density at radius 3 is 1.89 bits per heavy atom. The van der Waals surface area contributed by atoms with Crippen LogP contribution in [-0.2, 0) is 28.8 Å². The van der Waals surface area contributed by atoms with Gasteiger partial charge in [0.2, 0.25) is 0 Å². The molecule has 2 N–H and O–H groups in total. The van der Waals surface area contributed by atoms with Crippen LogP contribution in [0.25, 0.3) is 10.8 Å². The predicted octanol–water partition coefficient (Wildman–Crippen LogP) is 4.90. The monoisotopic (exact) mass is 430 g/mol. The molecule has 0 fully saturated rings. The summed E-state index contributed by atoms with van der Waals surface area (Å²) in [4.78, 5) is 18.5. The first-order chi connectivity index (χ1) is 12.5. The average Bonchev–Trinajstić information content (AvgIpc) is 3.38. The summed E-state index contributed by atoms with van der Waals surface area (Å²) < 4.78 is 0. The van der Waals surface area contributed by atoms with Crippen LogP contribution in [0.15, 0.2) is 86.0 Å². The number of fused-ring (bicyclic) bond motifs is 1. The van der Waals surface area contributed by atoms with Gasteiger partial charge in [0.1, 0.15) is 0 Å². The topological polar surface area (TPSA) is 74.6 Å². The molecule has 0 aromatic heterocycles. The van der Waals surface area contributed by atoms with Crippen LogP contribution in [0.4, 0.5) is 0 Å². The second kappa shape index (κ2) is 24.7. The third kappa shape index (κ3) is 21.7. The SMILES string of the molecule is C=CC(=O)O.C=CC(=O)O.[C-]1=CC=CC1.[CH3-].[CH3-].[Si]=[Ti].c1ccc2[cH-]ccc2c1. The minimum atomic E-state index is -0.981. The largest absolute Gasteiger partial charge is 0.168 e. The third-order valence-corrected chi connectivity index (χ3v) is 2.48. The zero-order valence-corrected chi connectivity index (χ0v) is 18.8. The molecule has 0 atom stereocenters. The number of carbonyl (C=O) groups is 2. The number of carboxylic acids is 2. The van der Waals surface area contributed by atoms with Crippen LogP contribution in [-0.4, -0.2) is 29.8 Å². The molecule has 3 rings (SSSR count). The first kappa shape index (κ1) is 33.3. The van der Waals surface area contributed by atoms with Crippen LogP contribution in [0.2, 0.25) is 0 Å². The molecule has 0 spiro atoms. The molecule has 0 saturated heterocycles. The molecule has 2 aromatic carbocycles. The summed E-state index contributed by atoms with van der Waals surface area (Å²) in [6, 6.07) is 14.7. The zero-order valence-electron chi connectivity index (χ0n) is 16.3. The molecule has 0 aliphatic heterocycles. The van der Waals surface area contributed by atoms with Crippen LogP contribution in [0.3, 0.4) is 0 Å². The van der Waals surface area contributed by atoms with Crippen LogP contribution in [0.1, 0.15) is 6.42 Å². The van der Waals surface area contributed by atoms with E-state index < -0.39 is 11.9 Å². The molecule has 1 aliphatic carbocycles. The van der Waals surface area contributed by atoms with Gasteiger partial charge in [0.25, 0.3) is 0 Å². The maximum atomic E-state index is 9.25. The Labute approximate surface area is 182 Å². The van der Waals surface area contributed by atoms with Gasteiger partial charge in [-0.3, -0.25) is 6.08 Å². The quantitative estimate of drug-likeness (QED) is 0.404. The summed E-state index contributed by atoms with van der Waals surface area (Å²) in [6.07, 6.45) is 11.7. The van der Waals surface area contributed by atoms with E-state index in [2.05, 4.69) is 75.4 Å². The van der Waals surface area contributed by atoms with Crippen molar-refractivity contribution in [2.24, 2.45) is 0 Å². The van der Waals surface area contributed by atoms with Crippen molar-refractivity contribution in [2.75, 3.05) is 0 Å². The van der Waals surface area contributed by atoms with E-state index in [0.717, 1.165) is 18.6 Å². The maximum Gasteiger partial charge on any atom is -0.0809 e. The molecule has 2 radical (unpaired) electrons. The fourth-order valence-corrected chi connectivity index (χ4v) is 1.41. The van der Waals surface area contributed by atoms with E-state index in [0.29, 0.717) is 0 Å². The molecule has 1 aliphatic rings. The van der Waals surface area contributed by atoms with E-state index >= 15 is 0 Å². The van der Waals surface area contributed by atoms with Gasteiger partial charge in [-0.25, -0.2) is 21.7 Å². The van der Waals surface area contributed by atoms with E-state index in [4.69, 9.17) is 10.2 Å². The molecule has 28 heavy (non-hydrogen) atoms. The third-order valence-electron chi connectivity index (χ3n) is 2.48. The van der Waals surface area contributed by atoms with Crippen molar-refractivity contribution in [1.82, 2.24) is 0 Å². The van der Waals surface area contributed by atoms with E-state index in [9.17, 15) is 9.59 Å². The average molecular weight is 430 g/mol. The molecule has 0 unspecified atom stereocenters. The standard InChI is InChI=1S/C9H7.C5H5.2C3H4O2.2CH3.Si.Ti/c1-2-5-9-7-3-6-8(9)4-1;1-2-4-5-3-1;2*1-2-3(4)5;;;;/h1-7H;1-3H,4H2;2*2H,1H2,(H,4,5);2*1H3;;/q2*-1;;;2*-1;;. The van der Waals surface area contributed by atoms with E-state index in [1.165, 1.54) is 10.8 Å². The van der Waals surface area contributed by atoms with Crippen LogP contribution in [0.5, 0.6) is 0 Å². The number of benzene rings is 1. The molecular weight excluding hydrogens is 404 g/mol. The van der Waals surface area contributed by atoms with Gasteiger partial charge < -0.3 is 25.1 Å². The van der Waals surface area contributed by atoms with E-state index in [1.54, 1.807) is 19.2 Å². The van der Waals surface area contributed by atoms with Gasteiger partial charge in [-0.15, -0.1) is 36.1 Å². The second-order valence-corrected chi connectivity index (χ2v) is 4.24. The predicted molar refractivity (Wildman–Crippen MR) is 115 cm³/mol. The summed E-state index contributed by atoms with van der Waals surface area (Å²) in [5, 5.41) is 17.9. The summed E-state index contributed by atoms with van der Waals surface area (Å²) in [5.74, 6) is -1.96. The van der Waals surface area contributed by atoms with Crippen molar-refractivity contribution < 1.29 is 39.0 Å². The second-order valence-electron chi connectivity index (χ2n) is 4.24. The Morgan fingerprint density at radius 2 is 1.57 bits per heavy atom. The molecule has 0 saturated carbocycles.